The summed E-state index contributed by atoms with van der Waals surface area (Å²) >= 11 is 2.19. The quantitative estimate of drug-likeness (QED) is 0.0584. The summed E-state index contributed by atoms with van der Waals surface area (Å²) in [5.41, 5.74) is -0.738. The lowest BCUT2D eigenvalue weighted by atomic mass is 9.76. The fourth-order valence-electron chi connectivity index (χ4n) is 5.41. The molecule has 0 unspecified atom stereocenters. The number of amidine groups is 1. The van der Waals surface area contributed by atoms with Crippen LogP contribution in [0.1, 0.15) is 43.3 Å². The number of carbonyl (C=O) groups excluding carboxylic acids is 3. The first-order valence-electron chi connectivity index (χ1n) is 15.2. The average Bonchev–Trinajstić information content (AvgIpc) is 3.67. The maximum absolute atomic E-state index is 13.3. The highest BCUT2D eigenvalue weighted by Crippen LogP contribution is 2.51. The number of nitro benzene ring substituents is 2. The van der Waals surface area contributed by atoms with Gasteiger partial charge < -0.3 is 24.2 Å². The second-order valence-corrected chi connectivity index (χ2v) is 14.2. The third-order valence-corrected chi connectivity index (χ3v) is 9.90. The zero-order valence-electron chi connectivity index (χ0n) is 27.5. The molecule has 0 aliphatic carbocycles. The van der Waals surface area contributed by atoms with Gasteiger partial charge in [-0.3, -0.25) is 35.3 Å². The van der Waals surface area contributed by atoms with E-state index in [9.17, 15) is 44.5 Å². The third-order valence-electron chi connectivity index (χ3n) is 7.83. The minimum Gasteiger partial charge on any atom is -0.477 e. The predicted octanol–water partition coefficient (Wildman–Crippen LogP) is 4.95. The number of hydrogen-bond donors (Lipinski definition) is 2. The number of thioether (sulfide) groups is 1. The van der Waals surface area contributed by atoms with Crippen molar-refractivity contribution in [1.82, 2.24) is 20.4 Å². The number of ether oxygens (including phenoxy) is 3. The summed E-state index contributed by atoms with van der Waals surface area (Å²) in [6.07, 6.45) is -1.69. The van der Waals surface area contributed by atoms with Gasteiger partial charge in [0.25, 0.3) is 11.4 Å². The number of aliphatic carboxylic acids is 1. The second kappa shape index (κ2) is 15.5. The Morgan fingerprint density at radius 2 is 1.60 bits per heavy atom. The number of alkyl carbamates (subject to hydrolysis) is 1. The zero-order valence-corrected chi connectivity index (χ0v) is 29.2. The summed E-state index contributed by atoms with van der Waals surface area (Å²) < 4.78 is 16.2. The van der Waals surface area contributed by atoms with Crippen molar-refractivity contribution >= 4 is 64.4 Å². The van der Waals surface area contributed by atoms with Crippen LogP contribution in [0, 0.1) is 26.1 Å². The number of aromatic nitrogens is 2. The Morgan fingerprint density at radius 1 is 1.02 bits per heavy atom. The average molecular weight is 756 g/mol. The number of β-lactam (4-membered cyclic amide) rings is 1. The van der Waals surface area contributed by atoms with Crippen LogP contribution < -0.4 is 5.32 Å². The standard InChI is InChI=1S/C31H29N7O12S2/c1-16(33-28(42)48-14-17-4-8-19(9-5-17)37(44)45)32-13-23-34-35-29(52-23)51-22-12-21-24(26(39)36(21)25(22)27(40)41)31(2,3)50-30(43)49-15-18-6-10-20(11-7-18)38(46)47/h4-11,21,24H,12-15H2,1-3H3,(H,40,41)(H,32,33,42)/t21-,24+/m1/s1. The number of fused-ring (bicyclic) bond motifs is 1. The number of aliphatic imine (C=N–C) groups is 1. The molecule has 0 radical (unpaired) electrons. The molecule has 2 N–H and O–H groups in total. The first kappa shape index (κ1) is 37.3. The van der Waals surface area contributed by atoms with Crippen molar-refractivity contribution in [1.29, 1.82) is 0 Å². The van der Waals surface area contributed by atoms with E-state index in [2.05, 4.69) is 20.5 Å². The predicted molar refractivity (Wildman–Crippen MR) is 181 cm³/mol. The van der Waals surface area contributed by atoms with Gasteiger partial charge in [0.2, 0.25) is 5.91 Å². The Hall–Kier alpha value is -5.96. The van der Waals surface area contributed by atoms with Crippen LogP contribution in [0.3, 0.4) is 0 Å². The molecule has 21 heteroatoms. The number of rotatable bonds is 13. The Balaban J connectivity index is 1.13. The molecular formula is C31H29N7O12S2. The fourth-order valence-corrected chi connectivity index (χ4v) is 7.49. The minimum atomic E-state index is -1.37. The molecule has 2 amide bonds. The molecule has 5 rings (SSSR count). The van der Waals surface area contributed by atoms with E-state index in [0.717, 1.165) is 23.1 Å². The maximum atomic E-state index is 13.3. The Bertz CT molecular complexity index is 1980. The van der Waals surface area contributed by atoms with Gasteiger partial charge in [0.1, 0.15) is 35.4 Å². The second-order valence-electron chi connectivity index (χ2n) is 11.8. The lowest BCUT2D eigenvalue weighted by molar-refractivity contribution is -0.385. The van der Waals surface area contributed by atoms with Crippen molar-refractivity contribution in [3.8, 4) is 0 Å². The number of carboxylic acid groups (broad SMARTS) is 1. The first-order chi connectivity index (χ1) is 24.6. The number of carbonyl (C=O) groups is 4. The van der Waals surface area contributed by atoms with Gasteiger partial charge in [-0.25, -0.2) is 14.4 Å². The fraction of sp³-hybridized carbons (Fsp3) is 0.323. The van der Waals surface area contributed by atoms with E-state index in [1.807, 2.05) is 0 Å². The number of benzene rings is 2. The molecule has 0 saturated carbocycles. The van der Waals surface area contributed by atoms with Gasteiger partial charge in [0, 0.05) is 35.6 Å². The zero-order chi connectivity index (χ0) is 37.7. The summed E-state index contributed by atoms with van der Waals surface area (Å²) in [6.45, 7) is 4.29. The molecule has 2 atom stereocenters. The van der Waals surface area contributed by atoms with Crippen molar-refractivity contribution in [2.45, 2.75) is 62.9 Å². The van der Waals surface area contributed by atoms with Crippen LogP contribution in [-0.2, 0) is 43.6 Å². The molecule has 2 aliphatic rings. The van der Waals surface area contributed by atoms with E-state index in [0.29, 0.717) is 25.4 Å². The topological polar surface area (TPSA) is 256 Å². The van der Waals surface area contributed by atoms with Crippen LogP contribution in [0.2, 0.25) is 0 Å². The molecule has 1 aromatic heterocycles. The summed E-state index contributed by atoms with van der Waals surface area (Å²) in [5, 5.41) is 42.7. The molecule has 19 nitrogen and oxygen atoms in total. The first-order valence-corrected chi connectivity index (χ1v) is 16.8. The lowest BCUT2D eigenvalue weighted by Crippen LogP contribution is -2.66. The molecular weight excluding hydrogens is 727 g/mol. The van der Waals surface area contributed by atoms with Gasteiger partial charge in [-0.15, -0.1) is 10.2 Å². The number of amides is 2. The van der Waals surface area contributed by atoms with Gasteiger partial charge >= 0.3 is 18.2 Å². The van der Waals surface area contributed by atoms with Crippen LogP contribution in [0.25, 0.3) is 0 Å². The molecule has 0 spiro atoms. The van der Waals surface area contributed by atoms with Gasteiger partial charge in [0.15, 0.2) is 4.34 Å². The van der Waals surface area contributed by atoms with Crippen LogP contribution in [-0.4, -0.2) is 71.7 Å². The van der Waals surface area contributed by atoms with Crippen molar-refractivity contribution in [3.63, 3.8) is 0 Å². The molecule has 272 valence electrons. The molecule has 2 aliphatic heterocycles. The van der Waals surface area contributed by atoms with E-state index >= 15 is 0 Å². The Labute approximate surface area is 302 Å². The van der Waals surface area contributed by atoms with Gasteiger partial charge in [-0.05, 0) is 56.2 Å². The van der Waals surface area contributed by atoms with Crippen molar-refractivity contribution < 1.29 is 48.3 Å². The molecule has 0 bridgehead atoms. The van der Waals surface area contributed by atoms with Crippen LogP contribution in [0.5, 0.6) is 0 Å². The molecule has 52 heavy (non-hydrogen) atoms. The molecule has 1 fully saturated rings. The number of non-ortho nitro benzene ring substituents is 2. The van der Waals surface area contributed by atoms with Gasteiger partial charge in [-0.1, -0.05) is 23.1 Å². The maximum Gasteiger partial charge on any atom is 0.509 e. The van der Waals surface area contributed by atoms with Gasteiger partial charge in [-0.2, -0.15) is 0 Å². The highest BCUT2D eigenvalue weighted by atomic mass is 32.2. The summed E-state index contributed by atoms with van der Waals surface area (Å²) in [5.74, 6) is -2.50. The minimum absolute atomic E-state index is 0.0403. The van der Waals surface area contributed by atoms with Crippen molar-refractivity contribution in [2.75, 3.05) is 0 Å². The highest BCUT2D eigenvalue weighted by molar-refractivity contribution is 8.04. The molecule has 2 aromatic carbocycles. The number of hydrogen-bond acceptors (Lipinski definition) is 16. The van der Waals surface area contributed by atoms with Crippen LogP contribution in [0.15, 0.2) is 68.5 Å². The molecule has 3 heterocycles. The van der Waals surface area contributed by atoms with Crippen LogP contribution in [0.4, 0.5) is 21.0 Å². The van der Waals surface area contributed by atoms with E-state index in [-0.39, 0.29) is 49.1 Å². The van der Waals surface area contributed by atoms with E-state index < -0.39 is 51.5 Å². The molecule has 3 aromatic rings. The monoisotopic (exact) mass is 755 g/mol. The Kier molecular flexibility index (Phi) is 11.1. The number of carboxylic acids is 1. The number of nitro groups is 2. The highest BCUT2D eigenvalue weighted by Gasteiger charge is 2.61. The Morgan fingerprint density at radius 3 is 2.15 bits per heavy atom. The van der Waals surface area contributed by atoms with E-state index in [1.165, 1.54) is 74.2 Å². The summed E-state index contributed by atoms with van der Waals surface area (Å²) in [4.78, 5) is 76.5. The van der Waals surface area contributed by atoms with Crippen LogP contribution >= 0.6 is 23.1 Å². The number of nitrogens with zero attached hydrogens (tertiary/aromatic N) is 6. The third kappa shape index (κ3) is 8.66. The SMILES string of the molecule is CC(=NCc1nnc(SC2=C(C(=O)O)N3C(=O)[C@@H](C(C)(C)OC(=O)OCc4ccc([N+](=O)[O-])cc4)[C@H]3C2)s1)NC(=O)OCc1ccc([N+](=O)[O-])cc1. The number of nitrogens with one attached hydrogen (secondary N) is 1. The van der Waals surface area contributed by atoms with Crippen molar-refractivity contribution in [3.05, 3.63) is 95.5 Å². The summed E-state index contributed by atoms with van der Waals surface area (Å²) in [6, 6.07) is 10.3. The van der Waals surface area contributed by atoms with E-state index in [1.54, 1.807) is 0 Å². The van der Waals surface area contributed by atoms with Gasteiger partial charge in [0.05, 0.1) is 28.4 Å². The normalized spacial score (nSPS) is 16.9. The lowest BCUT2D eigenvalue weighted by Gasteiger charge is -2.49. The van der Waals surface area contributed by atoms with Crippen molar-refractivity contribution in [2.24, 2.45) is 10.9 Å². The smallest absolute Gasteiger partial charge is 0.477 e. The molecule has 1 saturated heterocycles. The summed E-state index contributed by atoms with van der Waals surface area (Å²) in [7, 11) is 0. The largest absolute Gasteiger partial charge is 0.509 e. The van der Waals surface area contributed by atoms with E-state index in [4.69, 9.17) is 14.2 Å².